The van der Waals surface area contributed by atoms with Crippen molar-refractivity contribution in [1.82, 2.24) is 15.3 Å². The zero-order valence-electron chi connectivity index (χ0n) is 11.7. The number of aryl methyl sites for hydroxylation is 1. The average Bonchev–Trinajstić information content (AvgIpc) is 3.20. The number of carbonyl (C=O) groups excluding carboxylic acids is 1. The van der Waals surface area contributed by atoms with Crippen molar-refractivity contribution >= 4 is 11.8 Å². The van der Waals surface area contributed by atoms with Crippen LogP contribution in [-0.2, 0) is 4.74 Å². The monoisotopic (exact) mass is 276 g/mol. The van der Waals surface area contributed by atoms with Gasteiger partial charge in [-0.1, -0.05) is 0 Å². The van der Waals surface area contributed by atoms with Crippen LogP contribution in [0.4, 0.5) is 10.6 Å². The lowest BCUT2D eigenvalue weighted by Gasteiger charge is -2.31. The molecule has 2 heterocycles. The molecule has 108 valence electrons. The lowest BCUT2D eigenvalue weighted by atomic mass is 10.0. The van der Waals surface area contributed by atoms with E-state index in [0.29, 0.717) is 11.6 Å². The van der Waals surface area contributed by atoms with Crippen LogP contribution >= 0.6 is 0 Å². The van der Waals surface area contributed by atoms with Crippen LogP contribution in [-0.4, -0.2) is 34.2 Å². The van der Waals surface area contributed by atoms with Gasteiger partial charge in [0, 0.05) is 12.8 Å². The van der Waals surface area contributed by atoms with E-state index in [9.17, 15) is 4.79 Å². The molecule has 0 bridgehead atoms. The molecule has 1 aliphatic heterocycles. The highest BCUT2D eigenvalue weighted by atomic mass is 16.5. The van der Waals surface area contributed by atoms with Gasteiger partial charge in [0.15, 0.2) is 0 Å². The molecule has 1 saturated carbocycles. The van der Waals surface area contributed by atoms with Crippen LogP contribution in [0.1, 0.15) is 37.9 Å². The van der Waals surface area contributed by atoms with Gasteiger partial charge in [-0.3, -0.25) is 5.32 Å². The molecule has 2 aliphatic rings. The number of hydrogen-bond acceptors (Lipinski definition) is 4. The molecule has 3 rings (SSSR count). The van der Waals surface area contributed by atoms with Gasteiger partial charge in [-0.15, -0.1) is 0 Å². The summed E-state index contributed by atoms with van der Waals surface area (Å²) in [5.41, 5.74) is -0.160. The first kappa shape index (κ1) is 13.3. The van der Waals surface area contributed by atoms with Gasteiger partial charge in [0.25, 0.3) is 0 Å². The third-order valence-corrected chi connectivity index (χ3v) is 3.96. The Bertz CT molecular complexity index is 496. The maximum absolute atomic E-state index is 12.1. The van der Waals surface area contributed by atoms with Crippen molar-refractivity contribution in [3.63, 3.8) is 0 Å². The molecule has 1 aromatic rings. The molecule has 6 heteroatoms. The lowest BCUT2D eigenvalue weighted by molar-refractivity contribution is -0.0119. The van der Waals surface area contributed by atoms with E-state index in [1.54, 1.807) is 19.2 Å². The Balaban J connectivity index is 1.58. The molecule has 2 amide bonds. The Morgan fingerprint density at radius 1 is 1.45 bits per heavy atom. The zero-order valence-corrected chi connectivity index (χ0v) is 11.7. The minimum absolute atomic E-state index is 0.160. The van der Waals surface area contributed by atoms with E-state index in [-0.39, 0.29) is 17.7 Å². The summed E-state index contributed by atoms with van der Waals surface area (Å²) in [5, 5.41) is 5.83. The fraction of sp³-hybridized carbons (Fsp3) is 0.643. The lowest BCUT2D eigenvalue weighted by Crippen LogP contribution is -2.49. The minimum Gasteiger partial charge on any atom is -0.376 e. The quantitative estimate of drug-likeness (QED) is 0.885. The fourth-order valence-electron chi connectivity index (χ4n) is 2.74. The van der Waals surface area contributed by atoms with Crippen LogP contribution in [0.2, 0.25) is 0 Å². The van der Waals surface area contributed by atoms with E-state index in [4.69, 9.17) is 4.74 Å². The van der Waals surface area contributed by atoms with Crippen LogP contribution in [0.15, 0.2) is 12.3 Å². The fourth-order valence-corrected chi connectivity index (χ4v) is 2.74. The molecule has 2 fully saturated rings. The Kier molecular flexibility index (Phi) is 3.56. The van der Waals surface area contributed by atoms with Gasteiger partial charge in [0.05, 0.1) is 11.6 Å². The number of rotatable bonds is 3. The van der Waals surface area contributed by atoms with E-state index in [2.05, 4.69) is 20.6 Å². The summed E-state index contributed by atoms with van der Waals surface area (Å²) in [6.07, 6.45) is 7.12. The number of urea groups is 1. The highest BCUT2D eigenvalue weighted by Crippen LogP contribution is 2.43. The summed E-state index contributed by atoms with van der Waals surface area (Å²) >= 11 is 0. The van der Waals surface area contributed by atoms with Crippen LogP contribution in [0.3, 0.4) is 0 Å². The summed E-state index contributed by atoms with van der Waals surface area (Å²) in [4.78, 5) is 20.3. The first-order valence-electron chi connectivity index (χ1n) is 7.18. The van der Waals surface area contributed by atoms with Crippen molar-refractivity contribution < 1.29 is 9.53 Å². The van der Waals surface area contributed by atoms with Gasteiger partial charge in [0.1, 0.15) is 11.6 Å². The normalized spacial score (nSPS) is 23.9. The molecule has 1 aromatic heterocycles. The first-order valence-corrected chi connectivity index (χ1v) is 7.18. The second-order valence-corrected chi connectivity index (χ2v) is 5.58. The number of nitrogens with one attached hydrogen (secondary N) is 2. The molecule has 0 aromatic carbocycles. The van der Waals surface area contributed by atoms with Gasteiger partial charge in [-0.25, -0.2) is 14.8 Å². The van der Waals surface area contributed by atoms with E-state index < -0.39 is 0 Å². The molecular weight excluding hydrogens is 256 g/mol. The standard InChI is InChI=1S/C14H20N4O2/c1-10-15-8-5-12(16-10)17-13(19)18-14(6-7-14)11-4-2-3-9-20-11/h5,8,11H,2-4,6-7,9H2,1H3,(H2,15,16,17,18,19). The predicted molar refractivity (Wildman–Crippen MR) is 74.5 cm³/mol. The first-order chi connectivity index (χ1) is 9.68. The van der Waals surface area contributed by atoms with Gasteiger partial charge < -0.3 is 10.1 Å². The number of aromatic nitrogens is 2. The van der Waals surface area contributed by atoms with Crippen LogP contribution in [0, 0.1) is 6.92 Å². The maximum Gasteiger partial charge on any atom is 0.320 e. The van der Waals surface area contributed by atoms with Crippen molar-refractivity contribution in [3.8, 4) is 0 Å². The molecule has 6 nitrogen and oxygen atoms in total. The van der Waals surface area contributed by atoms with Crippen LogP contribution in [0.5, 0.6) is 0 Å². The topological polar surface area (TPSA) is 76.1 Å². The third-order valence-electron chi connectivity index (χ3n) is 3.96. The largest absolute Gasteiger partial charge is 0.376 e. The number of anilines is 1. The van der Waals surface area contributed by atoms with Crippen molar-refractivity contribution in [1.29, 1.82) is 0 Å². The van der Waals surface area contributed by atoms with Crippen molar-refractivity contribution in [3.05, 3.63) is 18.1 Å². The Morgan fingerprint density at radius 3 is 2.95 bits per heavy atom. The Labute approximate surface area is 118 Å². The van der Waals surface area contributed by atoms with Crippen LogP contribution < -0.4 is 10.6 Å². The van der Waals surface area contributed by atoms with Gasteiger partial charge in [-0.2, -0.15) is 0 Å². The number of hydrogen-bond donors (Lipinski definition) is 2. The molecule has 20 heavy (non-hydrogen) atoms. The third kappa shape index (κ3) is 2.90. The minimum atomic E-state index is -0.213. The molecule has 1 saturated heterocycles. The number of carbonyl (C=O) groups is 1. The van der Waals surface area contributed by atoms with Gasteiger partial charge >= 0.3 is 6.03 Å². The SMILES string of the molecule is Cc1nccc(NC(=O)NC2(C3CCCCO3)CC2)n1. The number of ether oxygens (including phenoxy) is 1. The number of nitrogens with zero attached hydrogens (tertiary/aromatic N) is 2. The Morgan fingerprint density at radius 2 is 2.30 bits per heavy atom. The maximum atomic E-state index is 12.1. The van der Waals surface area contributed by atoms with E-state index in [0.717, 1.165) is 32.3 Å². The summed E-state index contributed by atoms with van der Waals surface area (Å²) < 4.78 is 5.81. The van der Waals surface area contributed by atoms with E-state index in [1.165, 1.54) is 6.42 Å². The summed E-state index contributed by atoms with van der Waals surface area (Å²) in [5.74, 6) is 1.16. The van der Waals surface area contributed by atoms with E-state index in [1.807, 2.05) is 0 Å². The van der Waals surface area contributed by atoms with E-state index >= 15 is 0 Å². The van der Waals surface area contributed by atoms with Crippen molar-refractivity contribution in [2.75, 3.05) is 11.9 Å². The average molecular weight is 276 g/mol. The second-order valence-electron chi connectivity index (χ2n) is 5.58. The molecule has 1 unspecified atom stereocenters. The molecule has 1 atom stereocenters. The highest BCUT2D eigenvalue weighted by Gasteiger charge is 2.51. The van der Waals surface area contributed by atoms with Gasteiger partial charge in [0.2, 0.25) is 0 Å². The molecular formula is C14H20N4O2. The second kappa shape index (κ2) is 5.36. The molecule has 0 spiro atoms. The molecule has 2 N–H and O–H groups in total. The van der Waals surface area contributed by atoms with Crippen LogP contribution in [0.25, 0.3) is 0 Å². The highest BCUT2D eigenvalue weighted by molar-refractivity contribution is 5.89. The summed E-state index contributed by atoms with van der Waals surface area (Å²) in [7, 11) is 0. The van der Waals surface area contributed by atoms with Crippen molar-refractivity contribution in [2.45, 2.75) is 50.7 Å². The predicted octanol–water partition coefficient (Wildman–Crippen LogP) is 2.01. The summed E-state index contributed by atoms with van der Waals surface area (Å²) in [6.45, 7) is 2.60. The smallest absolute Gasteiger partial charge is 0.320 e. The zero-order chi connectivity index (χ0) is 14.0. The molecule has 1 aliphatic carbocycles. The van der Waals surface area contributed by atoms with Gasteiger partial charge in [-0.05, 0) is 45.1 Å². The summed E-state index contributed by atoms with van der Waals surface area (Å²) in [6, 6.07) is 1.47. The molecule has 0 radical (unpaired) electrons. The Hall–Kier alpha value is -1.69. The number of amides is 2. The van der Waals surface area contributed by atoms with Crippen molar-refractivity contribution in [2.24, 2.45) is 0 Å².